The summed E-state index contributed by atoms with van der Waals surface area (Å²) in [5.41, 5.74) is 21.8. The molecule has 0 aliphatic carbocycles. The van der Waals surface area contributed by atoms with Crippen LogP contribution in [0, 0.1) is 0 Å². The van der Waals surface area contributed by atoms with Gasteiger partial charge in [0.1, 0.15) is 84.7 Å². The van der Waals surface area contributed by atoms with Crippen LogP contribution in [-0.2, 0) is 64.4 Å². The van der Waals surface area contributed by atoms with Crippen molar-refractivity contribution in [1.82, 2.24) is 101 Å². The Kier molecular flexibility index (Phi) is 21.6. The van der Waals surface area contributed by atoms with E-state index in [2.05, 4.69) is 70.0 Å². The van der Waals surface area contributed by atoms with Crippen molar-refractivity contribution < 1.29 is 166 Å². The third-order valence-corrected chi connectivity index (χ3v) is 19.1. The molecule has 0 saturated carbocycles. The molecule has 0 spiro atoms. The molecular weight excluding hydrogens is 1370 g/mol. The summed E-state index contributed by atoms with van der Waals surface area (Å²) in [7, 11) is -19.8. The number of ether oxygens (including phenoxy) is 4. The van der Waals surface area contributed by atoms with Crippen LogP contribution in [-0.4, -0.2) is 218 Å². The van der Waals surface area contributed by atoms with Gasteiger partial charge in [0.05, 0.1) is 63.8 Å². The molecule has 0 amide bonds. The largest absolute Gasteiger partial charge is 1.00 e. The van der Waals surface area contributed by atoms with Gasteiger partial charge in [0.15, 0.2) is 70.2 Å². The van der Waals surface area contributed by atoms with Gasteiger partial charge in [0, 0.05) is 0 Å². The number of hydrogen-bond donors (Lipinski definition) is 18. The zero-order chi connectivity index (χ0) is 63.7. The molecule has 26 N–H and O–H groups in total. The van der Waals surface area contributed by atoms with Gasteiger partial charge in [-0.3, -0.25) is 65.0 Å². The van der Waals surface area contributed by atoms with Crippen molar-refractivity contribution in [3.05, 3.63) is 58.7 Å². The number of phosphoric acid groups is 2. The summed E-state index contributed by atoms with van der Waals surface area (Å²) in [6.45, 7) is -3.06. The zero-order valence-corrected chi connectivity index (χ0v) is 56.0. The number of nitrogens with one attached hydrogen (secondary N) is 4. The van der Waals surface area contributed by atoms with Gasteiger partial charge in [-0.1, -0.05) is 0 Å². The number of imidazole rings is 4. The topological polar surface area (TPSA) is 735 Å². The van der Waals surface area contributed by atoms with E-state index in [0.717, 1.165) is 34.4 Å². The van der Waals surface area contributed by atoms with E-state index in [9.17, 15) is 67.8 Å². The van der Waals surface area contributed by atoms with Crippen LogP contribution in [0.1, 0.15) is 27.8 Å². The Hall–Kier alpha value is -4.96. The van der Waals surface area contributed by atoms with Crippen molar-refractivity contribution >= 4 is 99.3 Å². The molecule has 4 bridgehead atoms. The quantitative estimate of drug-likeness (QED) is 0.0575. The summed E-state index contributed by atoms with van der Waals surface area (Å²) in [4.78, 5) is 112. The molecule has 6 aliphatic rings. The Morgan fingerprint density at radius 2 is 0.787 bits per heavy atom. The summed E-state index contributed by atoms with van der Waals surface area (Å²) < 4.78 is 112. The van der Waals surface area contributed by atoms with Crippen LogP contribution >= 0.6 is 31.1 Å². The number of nitrogen functional groups attached to an aromatic ring is 4. The summed E-state index contributed by atoms with van der Waals surface area (Å²) in [5.74, 6) is -0.452. The van der Waals surface area contributed by atoms with Crippen LogP contribution in [0.4, 0.5) is 23.5 Å². The first kappa shape index (κ1) is 73.3. The van der Waals surface area contributed by atoms with Crippen molar-refractivity contribution in [3.8, 4) is 0 Å². The Labute approximate surface area is 568 Å². The average molecular weight is 1430 g/mol. The second-order valence-electron chi connectivity index (χ2n) is 20.5. The number of aromatic amines is 2. The van der Waals surface area contributed by atoms with Crippen LogP contribution < -0.4 is 116 Å². The summed E-state index contributed by atoms with van der Waals surface area (Å²) >= 11 is 0. The molecule has 14 rings (SSSR count). The summed E-state index contributed by atoms with van der Waals surface area (Å²) in [6, 6.07) is -2.85. The summed E-state index contributed by atoms with van der Waals surface area (Å²) in [6.07, 6.45) is -14.2. The maximum Gasteiger partial charge on any atom is 1.00 e. The number of fused-ring (bicyclic) bond motifs is 10. The van der Waals surface area contributed by atoms with Crippen molar-refractivity contribution in [2.24, 2.45) is 0 Å². The predicted molar refractivity (Wildman–Crippen MR) is 303 cm³/mol. The molecule has 94 heavy (non-hydrogen) atoms. The van der Waals surface area contributed by atoms with E-state index in [1.807, 2.05) is 0 Å². The molecule has 6 fully saturated rings. The van der Waals surface area contributed by atoms with E-state index >= 15 is 0 Å². The minimum absolute atomic E-state index is 0. The molecular formula is C40H58N24Na2O24P4. The van der Waals surface area contributed by atoms with E-state index in [-0.39, 0.29) is 142 Å². The van der Waals surface area contributed by atoms with E-state index in [0.29, 0.717) is 0 Å². The van der Waals surface area contributed by atoms with Gasteiger partial charge in [-0.25, -0.2) is 68.3 Å². The number of nitrogens with zero attached hydrogens (tertiary/aromatic N) is 14. The third kappa shape index (κ3) is 13.9. The smallest absolute Gasteiger partial charge is 1.00 e. The molecule has 0 radical (unpaired) electrons. The Morgan fingerprint density at radius 1 is 0.457 bits per heavy atom. The number of rotatable bonds is 4. The number of H-pyrrole nitrogens is 2. The first-order valence-corrected chi connectivity index (χ1v) is 32.2. The van der Waals surface area contributed by atoms with Gasteiger partial charge in [-0.05, 0) is 0 Å². The third-order valence-electron chi connectivity index (χ3n) is 14.9. The minimum atomic E-state index is -5.09. The van der Waals surface area contributed by atoms with Gasteiger partial charge in [-0.15, -0.1) is 0 Å². The normalized spacial score (nSPS) is 36.1. The SMILES string of the molecule is N.N.Nc1nc2c(ncn2C2OC3COP(=O)(O)NC4C(COP(=O)(O)OC2C3O)OC(n2cnc3c(N)ncnc32)C4O)c(=O)[nH]1.Nc1nc2c(ncn2C2OC3COP(=O)(O)NC4C(COP(=O)(O)OC2C3O)OC(n2cnc3c(N)ncnc32)C4O)c(=O)[nH]1.[H-].[H-].[Na+].[Na+]. The number of aliphatic hydroxyl groups is 4. The second kappa shape index (κ2) is 27.7. The fraction of sp³-hybridized carbons (Fsp3) is 0.500. The fourth-order valence-electron chi connectivity index (χ4n) is 10.8. The Bertz CT molecular complexity index is 4180. The first-order chi connectivity index (χ1) is 42.6. The zero-order valence-electron chi connectivity index (χ0n) is 50.4. The Morgan fingerprint density at radius 3 is 1.16 bits per heavy atom. The number of aliphatic hydroxyl groups excluding tert-OH is 4. The monoisotopic (exact) mass is 1430 g/mol. The predicted octanol–water partition coefficient (Wildman–Crippen LogP) is -11.0. The maximum absolute atomic E-state index is 13.2. The molecule has 8 aromatic heterocycles. The number of nitrogens with two attached hydrogens (primary N) is 4. The van der Waals surface area contributed by atoms with Gasteiger partial charge >= 0.3 is 90.3 Å². The molecule has 20 unspecified atom stereocenters. The molecule has 6 aliphatic heterocycles. The molecule has 8 aromatic rings. The summed E-state index contributed by atoms with van der Waals surface area (Å²) in [5, 5.41) is 49.0. The molecule has 20 atom stereocenters. The van der Waals surface area contributed by atoms with Gasteiger partial charge in [0.2, 0.25) is 11.9 Å². The van der Waals surface area contributed by atoms with Crippen molar-refractivity contribution in [1.29, 1.82) is 0 Å². The molecule has 0 aromatic carbocycles. The number of aromatic nitrogens is 16. The molecule has 6 saturated heterocycles. The van der Waals surface area contributed by atoms with Crippen LogP contribution in [0.25, 0.3) is 44.7 Å². The van der Waals surface area contributed by atoms with E-state index < -0.39 is 167 Å². The van der Waals surface area contributed by atoms with Crippen LogP contribution in [0.3, 0.4) is 0 Å². The molecule has 14 heterocycles. The number of phosphoric ester groups is 2. The van der Waals surface area contributed by atoms with Crippen molar-refractivity contribution in [2.45, 2.75) is 98.0 Å². The first-order valence-electron chi connectivity index (χ1n) is 26.1. The molecule has 48 nitrogen and oxygen atoms in total. The van der Waals surface area contributed by atoms with Gasteiger partial charge < -0.3 is 97.0 Å². The van der Waals surface area contributed by atoms with Crippen molar-refractivity contribution in [3.63, 3.8) is 0 Å². The standard InChI is InChI=1S/2C20H25N11O12P2.2H3N.2Na.2H/c2*21-14-9-15(24-3-23-14)30(4-25-9)18-12(33)8-6(41-18)1-40-45(37,38)43-13-11(32)7(2-39-44(35,36)29-8)42-19(13)31-5-26-10-16(31)27-20(22)28-17(10)34;;;;;;/h2*3-8,11-13,18-19,32-33H,1-2H2,(H,37,38)(H2,21,23,24)(H2,29,35,36)(H3,22,27,28,34);2*1H3;;;;/q;;;;2*+1;2*-1. The maximum atomic E-state index is 13.2. The van der Waals surface area contributed by atoms with Crippen LogP contribution in [0.5, 0.6) is 0 Å². The molecule has 54 heteroatoms. The average Bonchev–Trinajstić information content (AvgIpc) is 1.62. The molecule has 504 valence electrons. The van der Waals surface area contributed by atoms with Crippen LogP contribution in [0.2, 0.25) is 0 Å². The number of anilines is 4. The second-order valence-corrected chi connectivity index (χ2v) is 26.5. The van der Waals surface area contributed by atoms with Gasteiger partial charge in [0.25, 0.3) is 11.1 Å². The van der Waals surface area contributed by atoms with E-state index in [1.165, 1.54) is 21.8 Å². The van der Waals surface area contributed by atoms with Crippen molar-refractivity contribution in [2.75, 3.05) is 49.4 Å². The Balaban J connectivity index is 0.000000255. The van der Waals surface area contributed by atoms with Crippen LogP contribution in [0.15, 0.2) is 47.6 Å². The van der Waals surface area contributed by atoms with E-state index in [1.54, 1.807) is 0 Å². The number of hydrogen-bond acceptors (Lipinski definition) is 36. The van der Waals surface area contributed by atoms with Gasteiger partial charge in [-0.2, -0.15) is 9.97 Å². The fourth-order valence-corrected chi connectivity index (χ4v) is 14.9. The minimum Gasteiger partial charge on any atom is -1.00 e. The van der Waals surface area contributed by atoms with E-state index in [4.69, 9.17) is 69.0 Å².